The molecule has 1 aromatic carbocycles. The van der Waals surface area contributed by atoms with Crippen LogP contribution in [0.5, 0.6) is 0 Å². The third-order valence-corrected chi connectivity index (χ3v) is 3.36. The van der Waals surface area contributed by atoms with Crippen molar-refractivity contribution in [3.05, 3.63) is 40.5 Å². The summed E-state index contributed by atoms with van der Waals surface area (Å²) < 4.78 is 0. The SMILES string of the molecule is C/C=C(/C)c1c(CC)cc(CC)cc1CC. The van der Waals surface area contributed by atoms with Crippen molar-refractivity contribution in [1.29, 1.82) is 0 Å². The van der Waals surface area contributed by atoms with E-state index >= 15 is 0 Å². The molecule has 0 nitrogen and oxygen atoms in total. The van der Waals surface area contributed by atoms with Crippen LogP contribution in [0.4, 0.5) is 0 Å². The number of aryl methyl sites for hydroxylation is 3. The van der Waals surface area contributed by atoms with Crippen molar-refractivity contribution in [2.75, 3.05) is 0 Å². The maximum atomic E-state index is 2.38. The zero-order chi connectivity index (χ0) is 12.1. The maximum Gasteiger partial charge on any atom is -0.0166 e. The van der Waals surface area contributed by atoms with Crippen LogP contribution >= 0.6 is 0 Å². The molecule has 0 spiro atoms. The van der Waals surface area contributed by atoms with Crippen LogP contribution in [0.1, 0.15) is 56.9 Å². The number of benzene rings is 1. The van der Waals surface area contributed by atoms with Crippen LogP contribution in [-0.4, -0.2) is 0 Å². The summed E-state index contributed by atoms with van der Waals surface area (Å²) >= 11 is 0. The second kappa shape index (κ2) is 5.89. The Labute approximate surface area is 100 Å². The van der Waals surface area contributed by atoms with Crippen LogP contribution < -0.4 is 0 Å². The minimum atomic E-state index is 1.13. The molecule has 88 valence electrons. The Morgan fingerprint density at radius 1 is 1.00 bits per heavy atom. The fourth-order valence-corrected chi connectivity index (χ4v) is 2.25. The average Bonchev–Trinajstić information content (AvgIpc) is 2.35. The molecule has 0 bridgehead atoms. The predicted octanol–water partition coefficient (Wildman–Crippen LogP) is 4.80. The normalized spacial score (nSPS) is 11.9. The minimum Gasteiger partial charge on any atom is -0.0841 e. The lowest BCUT2D eigenvalue weighted by molar-refractivity contribution is 1.03. The van der Waals surface area contributed by atoms with Crippen LogP contribution in [-0.2, 0) is 19.3 Å². The topological polar surface area (TPSA) is 0 Å². The highest BCUT2D eigenvalue weighted by molar-refractivity contribution is 5.70. The molecule has 0 heteroatoms. The van der Waals surface area contributed by atoms with Crippen molar-refractivity contribution in [3.8, 4) is 0 Å². The van der Waals surface area contributed by atoms with E-state index in [0.717, 1.165) is 19.3 Å². The van der Waals surface area contributed by atoms with E-state index in [4.69, 9.17) is 0 Å². The predicted molar refractivity (Wildman–Crippen MR) is 73.9 cm³/mol. The molecule has 0 saturated heterocycles. The fraction of sp³-hybridized carbons (Fsp3) is 0.500. The smallest absolute Gasteiger partial charge is 0.0166 e. The number of hydrogen-bond donors (Lipinski definition) is 0. The van der Waals surface area contributed by atoms with Gasteiger partial charge in [-0.3, -0.25) is 0 Å². The molecule has 0 aromatic heterocycles. The Balaban J connectivity index is 3.43. The van der Waals surface area contributed by atoms with E-state index < -0.39 is 0 Å². The highest BCUT2D eigenvalue weighted by Crippen LogP contribution is 2.26. The largest absolute Gasteiger partial charge is 0.0841 e. The molecular weight excluding hydrogens is 192 g/mol. The molecular formula is C16H24. The van der Waals surface area contributed by atoms with Gasteiger partial charge in [-0.05, 0) is 60.9 Å². The van der Waals surface area contributed by atoms with E-state index in [9.17, 15) is 0 Å². The molecule has 0 radical (unpaired) electrons. The summed E-state index contributed by atoms with van der Waals surface area (Å²) in [7, 11) is 0. The fourth-order valence-electron chi connectivity index (χ4n) is 2.25. The van der Waals surface area contributed by atoms with Gasteiger partial charge in [0.25, 0.3) is 0 Å². The summed E-state index contributed by atoms with van der Waals surface area (Å²) in [4.78, 5) is 0. The Hall–Kier alpha value is -1.04. The molecule has 16 heavy (non-hydrogen) atoms. The van der Waals surface area contributed by atoms with E-state index in [1.54, 1.807) is 0 Å². The molecule has 0 atom stereocenters. The van der Waals surface area contributed by atoms with Crippen molar-refractivity contribution >= 4 is 5.57 Å². The van der Waals surface area contributed by atoms with Crippen LogP contribution in [0, 0.1) is 0 Å². The second-order valence-corrected chi connectivity index (χ2v) is 4.32. The molecule has 1 rings (SSSR count). The Kier molecular flexibility index (Phi) is 4.79. The van der Waals surface area contributed by atoms with Gasteiger partial charge in [0.2, 0.25) is 0 Å². The number of hydrogen-bond acceptors (Lipinski definition) is 0. The summed E-state index contributed by atoms with van der Waals surface area (Å²) in [6, 6.07) is 4.75. The Morgan fingerprint density at radius 2 is 1.50 bits per heavy atom. The second-order valence-electron chi connectivity index (χ2n) is 4.32. The quantitative estimate of drug-likeness (QED) is 0.678. The van der Waals surface area contributed by atoms with Crippen molar-refractivity contribution in [2.45, 2.75) is 53.9 Å². The van der Waals surface area contributed by atoms with Crippen molar-refractivity contribution in [1.82, 2.24) is 0 Å². The maximum absolute atomic E-state index is 2.38. The minimum absolute atomic E-state index is 1.13. The van der Waals surface area contributed by atoms with E-state index in [1.807, 2.05) is 0 Å². The summed E-state index contributed by atoms with van der Waals surface area (Å²) in [6.45, 7) is 11.1. The van der Waals surface area contributed by atoms with E-state index in [2.05, 4.69) is 52.8 Å². The molecule has 0 unspecified atom stereocenters. The third-order valence-electron chi connectivity index (χ3n) is 3.36. The first-order valence-electron chi connectivity index (χ1n) is 6.45. The van der Waals surface area contributed by atoms with Crippen molar-refractivity contribution < 1.29 is 0 Å². The zero-order valence-corrected chi connectivity index (χ0v) is 11.4. The first-order chi connectivity index (χ1) is 7.67. The average molecular weight is 216 g/mol. The monoisotopic (exact) mass is 216 g/mol. The highest BCUT2D eigenvalue weighted by atomic mass is 14.1. The van der Waals surface area contributed by atoms with Gasteiger partial charge in [-0.1, -0.05) is 39.0 Å². The van der Waals surface area contributed by atoms with Crippen molar-refractivity contribution in [3.63, 3.8) is 0 Å². The Morgan fingerprint density at radius 3 is 1.81 bits per heavy atom. The van der Waals surface area contributed by atoms with E-state index in [-0.39, 0.29) is 0 Å². The van der Waals surface area contributed by atoms with Crippen LogP contribution in [0.15, 0.2) is 18.2 Å². The van der Waals surface area contributed by atoms with Gasteiger partial charge < -0.3 is 0 Å². The van der Waals surface area contributed by atoms with Gasteiger partial charge in [0.05, 0.1) is 0 Å². The Bertz CT molecular complexity index is 358. The molecule has 0 aliphatic carbocycles. The summed E-state index contributed by atoms with van der Waals surface area (Å²) in [5.41, 5.74) is 7.39. The van der Waals surface area contributed by atoms with Crippen LogP contribution in [0.2, 0.25) is 0 Å². The van der Waals surface area contributed by atoms with Gasteiger partial charge in [-0.15, -0.1) is 0 Å². The summed E-state index contributed by atoms with van der Waals surface area (Å²) in [6.07, 6.45) is 5.61. The number of allylic oxidation sites excluding steroid dienone is 2. The lowest BCUT2D eigenvalue weighted by Crippen LogP contribution is -1.99. The van der Waals surface area contributed by atoms with Gasteiger partial charge in [0.1, 0.15) is 0 Å². The molecule has 0 aliphatic rings. The molecule has 0 amide bonds. The van der Waals surface area contributed by atoms with E-state index in [1.165, 1.54) is 27.8 Å². The summed E-state index contributed by atoms with van der Waals surface area (Å²) in [5, 5.41) is 0. The van der Waals surface area contributed by atoms with Gasteiger partial charge in [-0.25, -0.2) is 0 Å². The van der Waals surface area contributed by atoms with E-state index in [0.29, 0.717) is 0 Å². The zero-order valence-electron chi connectivity index (χ0n) is 11.4. The van der Waals surface area contributed by atoms with Gasteiger partial charge in [-0.2, -0.15) is 0 Å². The molecule has 0 aliphatic heterocycles. The lowest BCUT2D eigenvalue weighted by atomic mass is 9.89. The highest BCUT2D eigenvalue weighted by Gasteiger charge is 2.09. The third kappa shape index (κ3) is 2.55. The molecule has 0 N–H and O–H groups in total. The van der Waals surface area contributed by atoms with Gasteiger partial charge in [0.15, 0.2) is 0 Å². The number of rotatable bonds is 4. The first-order valence-corrected chi connectivity index (χ1v) is 6.45. The molecule has 0 saturated carbocycles. The van der Waals surface area contributed by atoms with Crippen molar-refractivity contribution in [2.24, 2.45) is 0 Å². The summed E-state index contributed by atoms with van der Waals surface area (Å²) in [5.74, 6) is 0. The standard InChI is InChI=1S/C16H24/c1-6-12(5)16-14(8-3)10-13(7-2)11-15(16)9-4/h6,10-11H,7-9H2,1-5H3/b12-6-. The first kappa shape index (κ1) is 13.0. The van der Waals surface area contributed by atoms with Gasteiger partial charge in [0, 0.05) is 0 Å². The van der Waals surface area contributed by atoms with Crippen LogP contribution in [0.25, 0.3) is 5.57 Å². The molecule has 1 aromatic rings. The van der Waals surface area contributed by atoms with Crippen LogP contribution in [0.3, 0.4) is 0 Å². The van der Waals surface area contributed by atoms with Gasteiger partial charge >= 0.3 is 0 Å². The molecule has 0 fully saturated rings. The molecule has 0 heterocycles. The lowest BCUT2D eigenvalue weighted by Gasteiger charge is -2.16.